The largest absolute Gasteiger partial charge is 0.375 e. The van der Waals surface area contributed by atoms with Gasteiger partial charge in [-0.3, -0.25) is 4.79 Å². The number of aromatic nitrogens is 1. The first-order valence-electron chi connectivity index (χ1n) is 7.22. The number of hydrogen-bond donors (Lipinski definition) is 0. The van der Waals surface area contributed by atoms with Crippen molar-refractivity contribution in [2.24, 2.45) is 0 Å². The number of carbonyl (C=O) groups excluding carboxylic acids is 1. The number of amides is 1. The van der Waals surface area contributed by atoms with Gasteiger partial charge in [-0.1, -0.05) is 29.8 Å². The number of rotatable bonds is 3. The molecule has 0 N–H and O–H groups in total. The normalized spacial score (nSPS) is 18.5. The van der Waals surface area contributed by atoms with Crippen molar-refractivity contribution in [2.75, 3.05) is 19.7 Å². The Morgan fingerprint density at radius 2 is 2.32 bits per heavy atom. The molecule has 0 saturated carbocycles. The van der Waals surface area contributed by atoms with Crippen molar-refractivity contribution < 1.29 is 9.53 Å². The van der Waals surface area contributed by atoms with E-state index in [4.69, 9.17) is 16.3 Å². The second-order valence-electron chi connectivity index (χ2n) is 5.32. The predicted octanol–water partition coefficient (Wildman–Crippen LogP) is 3.25. The lowest BCUT2D eigenvalue weighted by atomic mass is 10.2. The lowest BCUT2D eigenvalue weighted by Gasteiger charge is -2.31. The van der Waals surface area contributed by atoms with Gasteiger partial charge >= 0.3 is 0 Å². The Bertz CT molecular complexity index is 674. The number of morpholine rings is 1. The van der Waals surface area contributed by atoms with E-state index < -0.39 is 0 Å². The third kappa shape index (κ3) is 3.48. The molecule has 4 nitrogen and oxygen atoms in total. The summed E-state index contributed by atoms with van der Waals surface area (Å²) in [6, 6.07) is 7.61. The molecule has 0 bridgehead atoms. The Kier molecular flexibility index (Phi) is 4.76. The summed E-state index contributed by atoms with van der Waals surface area (Å²) in [6.45, 7) is 3.90. The van der Waals surface area contributed by atoms with Gasteiger partial charge in [0, 0.05) is 24.0 Å². The van der Waals surface area contributed by atoms with E-state index in [2.05, 4.69) is 4.98 Å². The van der Waals surface area contributed by atoms with Crippen LogP contribution in [0.4, 0.5) is 0 Å². The molecule has 1 aliphatic heterocycles. The third-order valence-electron chi connectivity index (χ3n) is 3.58. The molecule has 0 radical (unpaired) electrons. The smallest absolute Gasteiger partial charge is 0.228 e. The molecular weight excluding hydrogens is 320 g/mol. The summed E-state index contributed by atoms with van der Waals surface area (Å²) in [7, 11) is 0. The second-order valence-corrected chi connectivity index (χ2v) is 6.59. The number of halogens is 1. The summed E-state index contributed by atoms with van der Waals surface area (Å²) >= 11 is 7.70. The van der Waals surface area contributed by atoms with Gasteiger partial charge < -0.3 is 9.64 Å². The topological polar surface area (TPSA) is 42.4 Å². The number of nitrogens with zero attached hydrogens (tertiary/aromatic N) is 2. The van der Waals surface area contributed by atoms with Gasteiger partial charge in [0.15, 0.2) is 0 Å². The first-order valence-corrected chi connectivity index (χ1v) is 8.48. The van der Waals surface area contributed by atoms with Crippen LogP contribution in [0.2, 0.25) is 5.02 Å². The Morgan fingerprint density at radius 1 is 1.50 bits per heavy atom. The van der Waals surface area contributed by atoms with Crippen molar-refractivity contribution in [1.82, 2.24) is 9.88 Å². The van der Waals surface area contributed by atoms with Gasteiger partial charge in [0.25, 0.3) is 0 Å². The minimum absolute atomic E-state index is 0.103. The zero-order valence-corrected chi connectivity index (χ0v) is 13.9. The van der Waals surface area contributed by atoms with Crippen LogP contribution in [0.3, 0.4) is 0 Å². The molecular formula is C16H17ClN2O2S. The van der Waals surface area contributed by atoms with Crippen LogP contribution in [0.5, 0.6) is 0 Å². The van der Waals surface area contributed by atoms with E-state index in [9.17, 15) is 4.79 Å². The fourth-order valence-electron chi connectivity index (χ4n) is 2.46. The summed E-state index contributed by atoms with van der Waals surface area (Å²) in [5, 5.41) is 3.46. The van der Waals surface area contributed by atoms with Crippen molar-refractivity contribution in [3.63, 3.8) is 0 Å². The van der Waals surface area contributed by atoms with Crippen molar-refractivity contribution in [3.05, 3.63) is 40.4 Å². The molecule has 1 aliphatic rings. The van der Waals surface area contributed by atoms with Crippen molar-refractivity contribution in [1.29, 1.82) is 0 Å². The van der Waals surface area contributed by atoms with Crippen LogP contribution in [0.15, 0.2) is 29.6 Å². The molecule has 1 aromatic carbocycles. The highest BCUT2D eigenvalue weighted by Gasteiger charge is 2.22. The Balaban J connectivity index is 1.69. The maximum absolute atomic E-state index is 12.3. The fourth-order valence-corrected chi connectivity index (χ4v) is 3.60. The average Bonchev–Trinajstić information content (AvgIpc) is 2.96. The van der Waals surface area contributed by atoms with E-state index in [1.165, 1.54) is 11.3 Å². The van der Waals surface area contributed by atoms with Crippen LogP contribution in [0, 0.1) is 0 Å². The van der Waals surface area contributed by atoms with E-state index in [1.807, 2.05) is 41.5 Å². The van der Waals surface area contributed by atoms with E-state index in [0.29, 0.717) is 31.1 Å². The second kappa shape index (κ2) is 6.77. The average molecular weight is 337 g/mol. The Morgan fingerprint density at radius 3 is 3.09 bits per heavy atom. The quantitative estimate of drug-likeness (QED) is 0.864. The Labute approximate surface area is 138 Å². The summed E-state index contributed by atoms with van der Waals surface area (Å²) in [4.78, 5) is 18.7. The summed E-state index contributed by atoms with van der Waals surface area (Å²) in [5.41, 5.74) is 1.71. The van der Waals surface area contributed by atoms with Gasteiger partial charge in [0.05, 0.1) is 29.8 Å². The standard InChI is InChI=1S/C16H17ClN2O2S/c1-11-9-19(6-7-21-11)15(20)8-12-10-22-16(18-12)13-4-2-3-5-14(13)17/h2-5,10-11H,6-9H2,1H3. The summed E-state index contributed by atoms with van der Waals surface area (Å²) < 4.78 is 5.46. The molecule has 1 amide bonds. The van der Waals surface area contributed by atoms with Crippen LogP contribution in [0.25, 0.3) is 10.6 Å². The van der Waals surface area contributed by atoms with Crippen LogP contribution in [0.1, 0.15) is 12.6 Å². The van der Waals surface area contributed by atoms with E-state index in [1.54, 1.807) is 0 Å². The molecule has 3 rings (SSSR count). The monoisotopic (exact) mass is 336 g/mol. The Hall–Kier alpha value is -1.43. The molecule has 116 valence electrons. The molecule has 2 aromatic rings. The van der Waals surface area contributed by atoms with Gasteiger partial charge in [-0.2, -0.15) is 0 Å². The molecule has 1 atom stereocenters. The van der Waals surface area contributed by atoms with Crippen molar-refractivity contribution >= 4 is 28.8 Å². The summed E-state index contributed by atoms with van der Waals surface area (Å²) in [5.74, 6) is 0.103. The van der Waals surface area contributed by atoms with Gasteiger partial charge in [0.2, 0.25) is 5.91 Å². The van der Waals surface area contributed by atoms with E-state index in [-0.39, 0.29) is 12.0 Å². The molecule has 1 aromatic heterocycles. The van der Waals surface area contributed by atoms with Crippen LogP contribution >= 0.6 is 22.9 Å². The predicted molar refractivity (Wildman–Crippen MR) is 88.3 cm³/mol. The zero-order chi connectivity index (χ0) is 15.5. The molecule has 2 heterocycles. The number of thiazole rings is 1. The molecule has 1 saturated heterocycles. The third-order valence-corrected chi connectivity index (χ3v) is 4.84. The minimum Gasteiger partial charge on any atom is -0.375 e. The first kappa shape index (κ1) is 15.5. The molecule has 1 fully saturated rings. The van der Waals surface area contributed by atoms with Crippen molar-refractivity contribution in [3.8, 4) is 10.6 Å². The van der Waals surface area contributed by atoms with Gasteiger partial charge in [0.1, 0.15) is 5.01 Å². The maximum Gasteiger partial charge on any atom is 0.228 e. The lowest BCUT2D eigenvalue weighted by molar-refractivity contribution is -0.137. The van der Waals surface area contributed by atoms with E-state index >= 15 is 0 Å². The number of hydrogen-bond acceptors (Lipinski definition) is 4. The molecule has 1 unspecified atom stereocenters. The van der Waals surface area contributed by atoms with Gasteiger partial charge in [-0.25, -0.2) is 4.98 Å². The maximum atomic E-state index is 12.3. The highest BCUT2D eigenvalue weighted by atomic mass is 35.5. The van der Waals surface area contributed by atoms with Crippen LogP contribution < -0.4 is 0 Å². The number of carbonyl (C=O) groups is 1. The number of benzene rings is 1. The highest BCUT2D eigenvalue weighted by Crippen LogP contribution is 2.30. The van der Waals surface area contributed by atoms with Crippen molar-refractivity contribution in [2.45, 2.75) is 19.4 Å². The lowest BCUT2D eigenvalue weighted by Crippen LogP contribution is -2.45. The van der Waals surface area contributed by atoms with Crippen LogP contribution in [-0.2, 0) is 16.0 Å². The minimum atomic E-state index is 0.103. The van der Waals surface area contributed by atoms with Gasteiger partial charge in [-0.15, -0.1) is 11.3 Å². The first-order chi connectivity index (χ1) is 10.6. The summed E-state index contributed by atoms with van der Waals surface area (Å²) in [6.07, 6.45) is 0.431. The molecule has 6 heteroatoms. The molecule has 0 aliphatic carbocycles. The fraction of sp³-hybridized carbons (Fsp3) is 0.375. The zero-order valence-electron chi connectivity index (χ0n) is 12.3. The van der Waals surface area contributed by atoms with Gasteiger partial charge in [-0.05, 0) is 13.0 Å². The van der Waals surface area contributed by atoms with E-state index in [0.717, 1.165) is 16.3 Å². The SMILES string of the molecule is CC1CN(C(=O)Cc2csc(-c3ccccc3Cl)n2)CCO1. The highest BCUT2D eigenvalue weighted by molar-refractivity contribution is 7.13. The van der Waals surface area contributed by atoms with Crippen LogP contribution in [-0.4, -0.2) is 41.6 Å². The molecule has 22 heavy (non-hydrogen) atoms. The molecule has 0 spiro atoms. The number of ether oxygens (including phenoxy) is 1.